The Bertz CT molecular complexity index is 426. The summed E-state index contributed by atoms with van der Waals surface area (Å²) in [6.45, 7) is 5.45. The van der Waals surface area contributed by atoms with Crippen molar-refractivity contribution in [3.05, 3.63) is 0 Å². The van der Waals surface area contributed by atoms with E-state index in [1.54, 1.807) is 6.92 Å². The number of hydrogen-bond donors (Lipinski definition) is 1. The first kappa shape index (κ1) is 15.7. The molecule has 0 aromatic carbocycles. The number of nitrogens with one attached hydrogen (secondary N) is 1. The minimum atomic E-state index is -3.37. The van der Waals surface area contributed by atoms with E-state index in [1.165, 1.54) is 4.31 Å². The second kappa shape index (κ2) is 6.84. The van der Waals surface area contributed by atoms with Crippen molar-refractivity contribution >= 4 is 16.1 Å². The van der Waals surface area contributed by atoms with Crippen LogP contribution >= 0.6 is 0 Å². The van der Waals surface area contributed by atoms with E-state index in [1.807, 2.05) is 4.90 Å². The Morgan fingerprint density at radius 3 is 2.35 bits per heavy atom. The lowest BCUT2D eigenvalue weighted by atomic mass is 9.96. The lowest BCUT2D eigenvalue weighted by Gasteiger charge is -2.34. The standard InChI is InChI=1S/C12H23N3O4S/c1-2-13-20(17,18)15-5-3-11(4-6-15)12(16)14-7-9-19-10-8-14/h11,13H,2-10H2,1H3. The molecule has 0 spiro atoms. The summed E-state index contributed by atoms with van der Waals surface area (Å²) in [5, 5.41) is 0. The van der Waals surface area contributed by atoms with E-state index in [0.29, 0.717) is 58.8 Å². The fourth-order valence-corrected chi connectivity index (χ4v) is 3.90. The molecular weight excluding hydrogens is 282 g/mol. The summed E-state index contributed by atoms with van der Waals surface area (Å²) in [5.41, 5.74) is 0. The topological polar surface area (TPSA) is 79.0 Å². The molecule has 1 amide bonds. The second-order valence-corrected chi connectivity index (χ2v) is 6.87. The van der Waals surface area contributed by atoms with Gasteiger partial charge in [0.15, 0.2) is 0 Å². The number of piperidine rings is 1. The second-order valence-electron chi connectivity index (χ2n) is 5.11. The maximum atomic E-state index is 12.3. The zero-order valence-electron chi connectivity index (χ0n) is 11.9. The first-order valence-electron chi connectivity index (χ1n) is 7.16. The van der Waals surface area contributed by atoms with Crippen molar-refractivity contribution in [1.82, 2.24) is 13.9 Å². The molecule has 0 aliphatic carbocycles. The van der Waals surface area contributed by atoms with Crippen LogP contribution in [0.4, 0.5) is 0 Å². The van der Waals surface area contributed by atoms with Gasteiger partial charge in [0.1, 0.15) is 0 Å². The number of amides is 1. The number of carbonyl (C=O) groups is 1. The highest BCUT2D eigenvalue weighted by atomic mass is 32.2. The Balaban J connectivity index is 1.86. The number of carbonyl (C=O) groups excluding carboxylic acids is 1. The van der Waals surface area contributed by atoms with Crippen molar-refractivity contribution in [2.45, 2.75) is 19.8 Å². The molecular formula is C12H23N3O4S. The van der Waals surface area contributed by atoms with Crippen LogP contribution in [-0.4, -0.2) is 69.5 Å². The lowest BCUT2D eigenvalue weighted by Crippen LogP contribution is -2.49. The van der Waals surface area contributed by atoms with Crippen LogP contribution in [0.5, 0.6) is 0 Å². The molecule has 0 atom stereocenters. The van der Waals surface area contributed by atoms with E-state index in [4.69, 9.17) is 4.74 Å². The highest BCUT2D eigenvalue weighted by Gasteiger charge is 2.33. The predicted molar refractivity (Wildman–Crippen MR) is 74.3 cm³/mol. The first-order chi connectivity index (χ1) is 9.54. The molecule has 0 aromatic rings. The molecule has 0 bridgehead atoms. The molecule has 20 heavy (non-hydrogen) atoms. The van der Waals surface area contributed by atoms with Crippen molar-refractivity contribution < 1.29 is 17.9 Å². The van der Waals surface area contributed by atoms with Gasteiger partial charge >= 0.3 is 0 Å². The maximum Gasteiger partial charge on any atom is 0.279 e. The zero-order valence-corrected chi connectivity index (χ0v) is 12.7. The van der Waals surface area contributed by atoms with Crippen LogP contribution in [0.2, 0.25) is 0 Å². The molecule has 116 valence electrons. The molecule has 0 unspecified atom stereocenters. The van der Waals surface area contributed by atoms with E-state index < -0.39 is 10.2 Å². The Kier molecular flexibility index (Phi) is 5.36. The van der Waals surface area contributed by atoms with Gasteiger partial charge in [-0.25, -0.2) is 4.72 Å². The van der Waals surface area contributed by atoms with Gasteiger partial charge in [0.2, 0.25) is 5.91 Å². The zero-order chi connectivity index (χ0) is 14.6. The molecule has 2 rings (SSSR count). The minimum Gasteiger partial charge on any atom is -0.378 e. The summed E-state index contributed by atoms with van der Waals surface area (Å²) < 4.78 is 32.9. The van der Waals surface area contributed by atoms with Gasteiger partial charge in [-0.2, -0.15) is 12.7 Å². The lowest BCUT2D eigenvalue weighted by molar-refractivity contribution is -0.140. The average Bonchev–Trinajstić information content (AvgIpc) is 2.47. The van der Waals surface area contributed by atoms with Gasteiger partial charge in [-0.05, 0) is 12.8 Å². The smallest absolute Gasteiger partial charge is 0.279 e. The van der Waals surface area contributed by atoms with Crippen molar-refractivity contribution in [2.75, 3.05) is 45.9 Å². The normalized spacial score (nSPS) is 22.9. The Hall–Kier alpha value is -0.700. The van der Waals surface area contributed by atoms with Gasteiger partial charge in [0.25, 0.3) is 10.2 Å². The monoisotopic (exact) mass is 305 g/mol. The van der Waals surface area contributed by atoms with Crippen molar-refractivity contribution in [3.8, 4) is 0 Å². The first-order valence-corrected chi connectivity index (χ1v) is 8.60. The third-order valence-electron chi connectivity index (χ3n) is 3.79. The molecule has 0 saturated carbocycles. The summed E-state index contributed by atoms with van der Waals surface area (Å²) >= 11 is 0. The molecule has 8 heteroatoms. The molecule has 2 aliphatic heterocycles. The summed E-state index contributed by atoms with van der Waals surface area (Å²) in [6, 6.07) is 0. The minimum absolute atomic E-state index is 0.0545. The number of ether oxygens (including phenoxy) is 1. The van der Waals surface area contributed by atoms with Crippen LogP contribution in [0, 0.1) is 5.92 Å². The van der Waals surface area contributed by atoms with Crippen LogP contribution in [0.3, 0.4) is 0 Å². The molecule has 2 aliphatic rings. The molecule has 0 aromatic heterocycles. The fraction of sp³-hybridized carbons (Fsp3) is 0.917. The number of rotatable bonds is 4. The Morgan fingerprint density at radius 2 is 1.80 bits per heavy atom. The highest BCUT2D eigenvalue weighted by Crippen LogP contribution is 2.21. The number of nitrogens with zero attached hydrogens (tertiary/aromatic N) is 2. The van der Waals surface area contributed by atoms with Crippen LogP contribution in [-0.2, 0) is 19.7 Å². The van der Waals surface area contributed by atoms with E-state index in [2.05, 4.69) is 4.72 Å². The maximum absolute atomic E-state index is 12.3. The van der Waals surface area contributed by atoms with E-state index in [-0.39, 0.29) is 11.8 Å². The van der Waals surface area contributed by atoms with Gasteiger partial charge < -0.3 is 9.64 Å². The molecule has 2 saturated heterocycles. The summed E-state index contributed by atoms with van der Waals surface area (Å²) in [4.78, 5) is 14.2. The summed E-state index contributed by atoms with van der Waals surface area (Å²) in [5.74, 6) is 0.0926. The number of hydrogen-bond acceptors (Lipinski definition) is 4. The van der Waals surface area contributed by atoms with Crippen molar-refractivity contribution in [2.24, 2.45) is 5.92 Å². The summed E-state index contributed by atoms with van der Waals surface area (Å²) in [7, 11) is -3.37. The third-order valence-corrected chi connectivity index (χ3v) is 5.49. The van der Waals surface area contributed by atoms with Gasteiger partial charge in [0.05, 0.1) is 13.2 Å². The van der Waals surface area contributed by atoms with E-state index >= 15 is 0 Å². The molecule has 1 N–H and O–H groups in total. The molecule has 7 nitrogen and oxygen atoms in total. The molecule has 0 radical (unpaired) electrons. The van der Waals surface area contributed by atoms with Crippen LogP contribution < -0.4 is 4.72 Å². The molecule has 2 fully saturated rings. The van der Waals surface area contributed by atoms with Gasteiger partial charge in [-0.15, -0.1) is 0 Å². The van der Waals surface area contributed by atoms with Gasteiger partial charge in [0, 0.05) is 38.6 Å². The highest BCUT2D eigenvalue weighted by molar-refractivity contribution is 7.87. The van der Waals surface area contributed by atoms with Crippen molar-refractivity contribution in [3.63, 3.8) is 0 Å². The van der Waals surface area contributed by atoms with Crippen LogP contribution in [0.1, 0.15) is 19.8 Å². The largest absolute Gasteiger partial charge is 0.378 e. The average molecular weight is 305 g/mol. The van der Waals surface area contributed by atoms with Crippen LogP contribution in [0.15, 0.2) is 0 Å². The quantitative estimate of drug-likeness (QED) is 0.753. The predicted octanol–water partition coefficient (Wildman–Crippen LogP) is -0.588. The third kappa shape index (κ3) is 3.69. The van der Waals surface area contributed by atoms with Gasteiger partial charge in [-0.1, -0.05) is 6.92 Å². The fourth-order valence-electron chi connectivity index (χ4n) is 2.66. The van der Waals surface area contributed by atoms with Crippen LogP contribution in [0.25, 0.3) is 0 Å². The summed E-state index contributed by atoms with van der Waals surface area (Å²) in [6.07, 6.45) is 1.20. The SMILES string of the molecule is CCNS(=O)(=O)N1CCC(C(=O)N2CCOCC2)CC1. The Labute approximate surface area is 120 Å². The number of morpholine rings is 1. The van der Waals surface area contributed by atoms with Crippen molar-refractivity contribution in [1.29, 1.82) is 0 Å². The van der Waals surface area contributed by atoms with E-state index in [0.717, 1.165) is 0 Å². The molecule has 2 heterocycles. The van der Waals surface area contributed by atoms with Gasteiger partial charge in [-0.3, -0.25) is 4.79 Å². The Morgan fingerprint density at radius 1 is 1.20 bits per heavy atom. The van der Waals surface area contributed by atoms with E-state index in [9.17, 15) is 13.2 Å².